The number of fused-ring (bicyclic) bond motifs is 1. The van der Waals surface area contributed by atoms with Crippen molar-refractivity contribution in [3.63, 3.8) is 0 Å². The fraction of sp³-hybridized carbons (Fsp3) is 0.125. The molecular formula is C16H12N4O5S. The Bertz CT molecular complexity index is 1100. The van der Waals surface area contributed by atoms with Gasteiger partial charge in [0.1, 0.15) is 0 Å². The molecule has 1 aromatic heterocycles. The van der Waals surface area contributed by atoms with Gasteiger partial charge in [-0.2, -0.15) is 4.99 Å². The van der Waals surface area contributed by atoms with Crippen LogP contribution in [0.5, 0.6) is 0 Å². The Hall–Kier alpha value is -3.40. The first-order chi connectivity index (χ1) is 12.4. The van der Waals surface area contributed by atoms with E-state index in [1.165, 1.54) is 47.7 Å². The molecule has 0 spiro atoms. The third-order valence-corrected chi connectivity index (χ3v) is 4.76. The van der Waals surface area contributed by atoms with Crippen molar-refractivity contribution < 1.29 is 14.6 Å². The maximum absolute atomic E-state index is 12.4. The fourth-order valence-electron chi connectivity index (χ4n) is 2.44. The number of carbonyl (C=O) groups excluding carboxylic acids is 1. The number of nitro groups is 2. The van der Waals surface area contributed by atoms with E-state index in [0.29, 0.717) is 16.0 Å². The van der Waals surface area contributed by atoms with E-state index in [1.807, 2.05) is 6.92 Å². The SMILES string of the molecule is CCn1c(=NC(=O)c2ccc([N+](=O)[O-])cc2)sc2cc([N+](=O)[O-])ccc21. The van der Waals surface area contributed by atoms with E-state index in [4.69, 9.17) is 0 Å². The molecule has 0 saturated heterocycles. The molecule has 0 fully saturated rings. The average Bonchev–Trinajstić information content (AvgIpc) is 2.97. The fourth-order valence-corrected chi connectivity index (χ4v) is 3.57. The van der Waals surface area contributed by atoms with Crippen LogP contribution in [0.25, 0.3) is 10.2 Å². The molecule has 0 N–H and O–H groups in total. The number of nitrogens with zero attached hydrogens (tertiary/aromatic N) is 4. The number of non-ortho nitro benzene ring substituents is 2. The number of amides is 1. The number of benzene rings is 2. The van der Waals surface area contributed by atoms with E-state index >= 15 is 0 Å². The Balaban J connectivity index is 2.06. The normalized spacial score (nSPS) is 11.7. The van der Waals surface area contributed by atoms with Gasteiger partial charge in [-0.25, -0.2) is 0 Å². The number of carbonyl (C=O) groups is 1. The highest BCUT2D eigenvalue weighted by atomic mass is 32.1. The first-order valence-electron chi connectivity index (χ1n) is 7.52. The maximum Gasteiger partial charge on any atom is 0.279 e. The van der Waals surface area contributed by atoms with Gasteiger partial charge < -0.3 is 4.57 Å². The Morgan fingerprint density at radius 1 is 1.08 bits per heavy atom. The lowest BCUT2D eigenvalue weighted by atomic mass is 10.2. The lowest BCUT2D eigenvalue weighted by Gasteiger charge is -2.00. The number of hydrogen-bond acceptors (Lipinski definition) is 6. The number of aromatic nitrogens is 1. The summed E-state index contributed by atoms with van der Waals surface area (Å²) in [5, 5.41) is 21.6. The molecule has 26 heavy (non-hydrogen) atoms. The third-order valence-electron chi connectivity index (χ3n) is 3.72. The van der Waals surface area contributed by atoms with Crippen molar-refractivity contribution in [2.45, 2.75) is 13.5 Å². The van der Waals surface area contributed by atoms with E-state index in [1.54, 1.807) is 10.6 Å². The standard InChI is InChI=1S/C16H12N4O5S/c1-2-18-13-8-7-12(20(24)25)9-14(13)26-16(18)17-15(21)10-3-5-11(6-4-10)19(22)23/h3-9H,2H2,1H3. The van der Waals surface area contributed by atoms with E-state index in [2.05, 4.69) is 4.99 Å². The molecular weight excluding hydrogens is 360 g/mol. The van der Waals surface area contributed by atoms with E-state index < -0.39 is 15.8 Å². The van der Waals surface area contributed by atoms with Gasteiger partial charge in [-0.1, -0.05) is 11.3 Å². The molecule has 0 saturated carbocycles. The molecule has 0 aliphatic heterocycles. The summed E-state index contributed by atoms with van der Waals surface area (Å²) in [5.41, 5.74) is 0.828. The Kier molecular flexibility index (Phi) is 4.59. The summed E-state index contributed by atoms with van der Waals surface area (Å²) in [6.07, 6.45) is 0. The second-order valence-corrected chi connectivity index (χ2v) is 6.27. The highest BCUT2D eigenvalue weighted by molar-refractivity contribution is 7.16. The molecule has 1 amide bonds. The van der Waals surface area contributed by atoms with Crippen LogP contribution in [0.15, 0.2) is 47.5 Å². The van der Waals surface area contributed by atoms with Gasteiger partial charge >= 0.3 is 0 Å². The summed E-state index contributed by atoms with van der Waals surface area (Å²) < 4.78 is 2.43. The van der Waals surface area contributed by atoms with Gasteiger partial charge in [0.2, 0.25) is 0 Å². The summed E-state index contributed by atoms with van der Waals surface area (Å²) in [7, 11) is 0. The molecule has 0 aliphatic rings. The summed E-state index contributed by atoms with van der Waals surface area (Å²) >= 11 is 1.17. The van der Waals surface area contributed by atoms with Gasteiger partial charge in [0.15, 0.2) is 4.80 Å². The molecule has 0 unspecified atom stereocenters. The molecule has 0 atom stereocenters. The van der Waals surface area contributed by atoms with Crippen molar-refractivity contribution >= 4 is 38.8 Å². The van der Waals surface area contributed by atoms with Crippen molar-refractivity contribution in [2.75, 3.05) is 0 Å². The Labute approximate surface area is 150 Å². The lowest BCUT2D eigenvalue weighted by Crippen LogP contribution is -2.15. The molecule has 9 nitrogen and oxygen atoms in total. The minimum Gasteiger partial charge on any atom is -0.317 e. The van der Waals surface area contributed by atoms with Gasteiger partial charge in [-0.3, -0.25) is 25.0 Å². The van der Waals surface area contributed by atoms with Crippen molar-refractivity contribution in [2.24, 2.45) is 4.99 Å². The third kappa shape index (κ3) is 3.22. The largest absolute Gasteiger partial charge is 0.317 e. The minimum atomic E-state index is -0.546. The van der Waals surface area contributed by atoms with Crippen molar-refractivity contribution in [1.29, 1.82) is 0 Å². The molecule has 1 heterocycles. The predicted octanol–water partition coefficient (Wildman–Crippen LogP) is 3.28. The first-order valence-corrected chi connectivity index (χ1v) is 8.33. The number of hydrogen-bond donors (Lipinski definition) is 0. The molecule has 0 bridgehead atoms. The zero-order chi connectivity index (χ0) is 18.8. The Morgan fingerprint density at radius 2 is 1.69 bits per heavy atom. The minimum absolute atomic E-state index is 0.0322. The van der Waals surface area contributed by atoms with Crippen LogP contribution in [0, 0.1) is 20.2 Å². The van der Waals surface area contributed by atoms with Crippen LogP contribution in [0.4, 0.5) is 11.4 Å². The molecule has 0 radical (unpaired) electrons. The van der Waals surface area contributed by atoms with Gasteiger partial charge in [-0.05, 0) is 25.1 Å². The van der Waals surface area contributed by atoms with Gasteiger partial charge in [0.25, 0.3) is 17.3 Å². The monoisotopic (exact) mass is 372 g/mol. The molecule has 0 aliphatic carbocycles. The molecule has 3 rings (SSSR count). The van der Waals surface area contributed by atoms with Crippen molar-refractivity contribution in [1.82, 2.24) is 4.57 Å². The quantitative estimate of drug-likeness (QED) is 0.514. The molecule has 10 heteroatoms. The molecule has 2 aromatic carbocycles. The highest BCUT2D eigenvalue weighted by Crippen LogP contribution is 2.23. The highest BCUT2D eigenvalue weighted by Gasteiger charge is 2.13. The first kappa shape index (κ1) is 17.4. The summed E-state index contributed by atoms with van der Waals surface area (Å²) in [5.74, 6) is -0.539. The number of aryl methyl sites for hydroxylation is 1. The van der Waals surface area contributed by atoms with Crippen LogP contribution in [0.1, 0.15) is 17.3 Å². The second kappa shape index (κ2) is 6.84. The van der Waals surface area contributed by atoms with Crippen molar-refractivity contribution in [3.8, 4) is 0 Å². The van der Waals surface area contributed by atoms with Crippen molar-refractivity contribution in [3.05, 3.63) is 73.1 Å². The van der Waals surface area contributed by atoms with Crippen LogP contribution in [-0.2, 0) is 6.54 Å². The number of rotatable bonds is 4. The van der Waals surface area contributed by atoms with Crippen LogP contribution in [0.3, 0.4) is 0 Å². The van der Waals surface area contributed by atoms with Crippen LogP contribution in [-0.4, -0.2) is 20.3 Å². The molecule has 3 aromatic rings. The lowest BCUT2D eigenvalue weighted by molar-refractivity contribution is -0.385. The number of nitro benzene ring substituents is 2. The zero-order valence-corrected chi connectivity index (χ0v) is 14.3. The summed E-state index contributed by atoms with van der Waals surface area (Å²) in [4.78, 5) is 37.4. The van der Waals surface area contributed by atoms with Gasteiger partial charge in [0.05, 0.1) is 20.1 Å². The topological polar surface area (TPSA) is 121 Å². The molecule has 132 valence electrons. The summed E-state index contributed by atoms with van der Waals surface area (Å²) in [6, 6.07) is 9.65. The van der Waals surface area contributed by atoms with Crippen LogP contribution in [0.2, 0.25) is 0 Å². The summed E-state index contributed by atoms with van der Waals surface area (Å²) in [6.45, 7) is 2.41. The van der Waals surface area contributed by atoms with Crippen LogP contribution >= 0.6 is 11.3 Å². The second-order valence-electron chi connectivity index (χ2n) is 5.26. The average molecular weight is 372 g/mol. The maximum atomic E-state index is 12.4. The number of thiazole rings is 1. The Morgan fingerprint density at radius 3 is 2.27 bits per heavy atom. The predicted molar refractivity (Wildman–Crippen MR) is 95.1 cm³/mol. The van der Waals surface area contributed by atoms with E-state index in [-0.39, 0.29) is 16.9 Å². The van der Waals surface area contributed by atoms with Gasteiger partial charge in [-0.15, -0.1) is 0 Å². The van der Waals surface area contributed by atoms with E-state index in [9.17, 15) is 25.0 Å². The van der Waals surface area contributed by atoms with E-state index in [0.717, 1.165) is 5.52 Å². The van der Waals surface area contributed by atoms with Gasteiger partial charge in [0, 0.05) is 36.4 Å². The van der Waals surface area contributed by atoms with Crippen LogP contribution < -0.4 is 4.80 Å². The zero-order valence-electron chi connectivity index (χ0n) is 13.5. The smallest absolute Gasteiger partial charge is 0.279 e.